The maximum Gasteiger partial charge on any atom is 0.273 e. The smallest absolute Gasteiger partial charge is 0.273 e. The molecular weight excluding hydrogens is 234 g/mol. The van der Waals surface area contributed by atoms with Crippen LogP contribution in [0.15, 0.2) is 10.6 Å². The van der Waals surface area contributed by atoms with Crippen molar-refractivity contribution in [3.05, 3.63) is 17.5 Å². The average Bonchev–Trinajstić information content (AvgIpc) is 2.81. The zero-order valence-corrected chi connectivity index (χ0v) is 10.7. The van der Waals surface area contributed by atoms with Gasteiger partial charge in [0.25, 0.3) is 5.91 Å². The van der Waals surface area contributed by atoms with Gasteiger partial charge in [0.2, 0.25) is 0 Å². The quantitative estimate of drug-likeness (QED) is 0.819. The highest BCUT2D eigenvalue weighted by Crippen LogP contribution is 2.12. The van der Waals surface area contributed by atoms with Crippen molar-refractivity contribution in [1.82, 2.24) is 15.8 Å². The predicted octanol–water partition coefficient (Wildman–Crippen LogP) is 0.549. The Kier molecular flexibility index (Phi) is 4.33. The van der Waals surface area contributed by atoms with E-state index in [1.54, 1.807) is 13.2 Å². The summed E-state index contributed by atoms with van der Waals surface area (Å²) in [6, 6.07) is 1.76. The fraction of sp³-hybridized carbons (Fsp3) is 0.667. The number of nitrogens with one attached hydrogen (secondary N) is 2. The third-order valence-corrected chi connectivity index (χ3v) is 3.22. The van der Waals surface area contributed by atoms with Gasteiger partial charge in [-0.15, -0.1) is 0 Å². The minimum absolute atomic E-state index is 0.147. The molecule has 1 saturated heterocycles. The van der Waals surface area contributed by atoms with Crippen LogP contribution in [-0.4, -0.2) is 37.3 Å². The van der Waals surface area contributed by atoms with Gasteiger partial charge in [0, 0.05) is 25.8 Å². The van der Waals surface area contributed by atoms with E-state index in [9.17, 15) is 4.79 Å². The van der Waals surface area contributed by atoms with Crippen molar-refractivity contribution in [1.29, 1.82) is 0 Å². The first-order valence-electron chi connectivity index (χ1n) is 6.17. The number of ether oxygens (including phenoxy) is 1. The van der Waals surface area contributed by atoms with Gasteiger partial charge >= 0.3 is 0 Å². The van der Waals surface area contributed by atoms with Gasteiger partial charge in [-0.05, 0) is 18.9 Å². The fourth-order valence-corrected chi connectivity index (χ4v) is 2.06. The lowest BCUT2D eigenvalue weighted by molar-refractivity contribution is 0.0905. The van der Waals surface area contributed by atoms with Crippen LogP contribution in [0.2, 0.25) is 0 Å². The minimum Gasteiger partial charge on any atom is -0.377 e. The number of nitrogens with zero attached hydrogens (tertiary/aromatic N) is 1. The largest absolute Gasteiger partial charge is 0.377 e. The molecular formula is C12H19N3O3. The van der Waals surface area contributed by atoms with Crippen LogP contribution in [0, 0.1) is 5.92 Å². The molecule has 2 N–H and O–H groups in total. The van der Waals surface area contributed by atoms with Crippen LogP contribution in [0.3, 0.4) is 0 Å². The molecule has 1 aliphatic rings. The topological polar surface area (TPSA) is 76.4 Å². The standard InChI is InChI=1S/C12H19N3O3/c1-8-3-4-13-6-11(8)14-12(16)10-5-9(7-17-2)18-15-10/h5,8,11,13H,3-4,6-7H2,1-2H3,(H,14,16). The number of amides is 1. The first-order valence-corrected chi connectivity index (χ1v) is 6.17. The SMILES string of the molecule is COCc1cc(C(=O)NC2CNCCC2C)no1. The van der Waals surface area contributed by atoms with Crippen LogP contribution in [0.5, 0.6) is 0 Å². The van der Waals surface area contributed by atoms with Gasteiger partial charge in [0.05, 0.1) is 0 Å². The fourth-order valence-electron chi connectivity index (χ4n) is 2.06. The van der Waals surface area contributed by atoms with Crippen LogP contribution in [0.4, 0.5) is 0 Å². The minimum atomic E-state index is -0.193. The Morgan fingerprint density at radius 3 is 3.28 bits per heavy atom. The van der Waals surface area contributed by atoms with E-state index in [0.717, 1.165) is 19.5 Å². The molecule has 0 bridgehead atoms. The molecule has 1 amide bonds. The predicted molar refractivity (Wildman–Crippen MR) is 65.1 cm³/mol. The summed E-state index contributed by atoms with van der Waals surface area (Å²) in [5.41, 5.74) is 0.305. The van der Waals surface area contributed by atoms with Crippen molar-refractivity contribution >= 4 is 5.91 Å². The maximum atomic E-state index is 12.0. The number of carbonyl (C=O) groups is 1. The molecule has 1 aromatic rings. The van der Waals surface area contributed by atoms with Crippen LogP contribution >= 0.6 is 0 Å². The Morgan fingerprint density at radius 2 is 2.56 bits per heavy atom. The van der Waals surface area contributed by atoms with Gasteiger partial charge in [0.1, 0.15) is 6.61 Å². The summed E-state index contributed by atoms with van der Waals surface area (Å²) in [6.45, 7) is 4.28. The number of piperidine rings is 1. The normalized spacial score (nSPS) is 23.9. The summed E-state index contributed by atoms with van der Waals surface area (Å²) in [5.74, 6) is 0.833. The third kappa shape index (κ3) is 3.08. The van der Waals surface area contributed by atoms with E-state index >= 15 is 0 Å². The second kappa shape index (κ2) is 5.97. The number of hydrogen-bond acceptors (Lipinski definition) is 5. The first kappa shape index (κ1) is 13.0. The Hall–Kier alpha value is -1.40. The molecule has 6 heteroatoms. The van der Waals surface area contributed by atoms with Crippen molar-refractivity contribution in [3.63, 3.8) is 0 Å². The van der Waals surface area contributed by atoms with Gasteiger partial charge in [-0.25, -0.2) is 0 Å². The van der Waals surface area contributed by atoms with Crippen LogP contribution in [-0.2, 0) is 11.3 Å². The van der Waals surface area contributed by atoms with Gasteiger partial charge < -0.3 is 19.9 Å². The summed E-state index contributed by atoms with van der Waals surface area (Å²) in [6.07, 6.45) is 1.07. The molecule has 0 aromatic carbocycles. The lowest BCUT2D eigenvalue weighted by atomic mass is 9.95. The molecule has 18 heavy (non-hydrogen) atoms. The Labute approximate surface area is 106 Å². The van der Waals surface area contributed by atoms with E-state index in [1.807, 2.05) is 0 Å². The number of rotatable bonds is 4. The van der Waals surface area contributed by atoms with Crippen LogP contribution < -0.4 is 10.6 Å². The van der Waals surface area contributed by atoms with Crippen molar-refractivity contribution in [2.45, 2.75) is 26.0 Å². The third-order valence-electron chi connectivity index (χ3n) is 3.22. The van der Waals surface area contributed by atoms with Crippen molar-refractivity contribution in [2.24, 2.45) is 5.92 Å². The van der Waals surface area contributed by atoms with Gasteiger partial charge in [-0.1, -0.05) is 12.1 Å². The number of methoxy groups -OCH3 is 1. The molecule has 0 spiro atoms. The summed E-state index contributed by atoms with van der Waals surface area (Å²) < 4.78 is 9.90. The lowest BCUT2D eigenvalue weighted by Crippen LogP contribution is -2.50. The lowest BCUT2D eigenvalue weighted by Gasteiger charge is -2.29. The summed E-state index contributed by atoms with van der Waals surface area (Å²) in [4.78, 5) is 12.0. The molecule has 100 valence electrons. The molecule has 0 saturated carbocycles. The summed E-state index contributed by atoms with van der Waals surface area (Å²) in [7, 11) is 1.57. The average molecular weight is 253 g/mol. The highest BCUT2D eigenvalue weighted by Gasteiger charge is 2.24. The van der Waals surface area contributed by atoms with Gasteiger partial charge in [0.15, 0.2) is 11.5 Å². The number of carbonyl (C=O) groups excluding carboxylic acids is 1. The molecule has 1 aromatic heterocycles. The van der Waals surface area contributed by atoms with Crippen LogP contribution in [0.1, 0.15) is 29.6 Å². The number of hydrogen-bond donors (Lipinski definition) is 2. The molecule has 6 nitrogen and oxygen atoms in total. The van der Waals surface area contributed by atoms with E-state index in [1.165, 1.54) is 0 Å². The van der Waals surface area contributed by atoms with E-state index < -0.39 is 0 Å². The van der Waals surface area contributed by atoms with Gasteiger partial charge in [-0.3, -0.25) is 4.79 Å². The Balaban J connectivity index is 1.93. The number of aromatic nitrogens is 1. The van der Waals surface area contributed by atoms with E-state index in [-0.39, 0.29) is 11.9 Å². The Bertz CT molecular complexity index is 405. The first-order chi connectivity index (χ1) is 8.70. The van der Waals surface area contributed by atoms with Crippen molar-refractivity contribution in [2.75, 3.05) is 20.2 Å². The highest BCUT2D eigenvalue weighted by molar-refractivity contribution is 5.92. The zero-order chi connectivity index (χ0) is 13.0. The molecule has 2 atom stereocenters. The molecule has 2 unspecified atom stereocenters. The van der Waals surface area contributed by atoms with Crippen molar-refractivity contribution in [3.8, 4) is 0 Å². The molecule has 2 rings (SSSR count). The van der Waals surface area contributed by atoms with E-state index in [2.05, 4.69) is 22.7 Å². The monoisotopic (exact) mass is 253 g/mol. The maximum absolute atomic E-state index is 12.0. The summed E-state index contributed by atoms with van der Waals surface area (Å²) >= 11 is 0. The second-order valence-electron chi connectivity index (χ2n) is 4.66. The molecule has 0 aliphatic carbocycles. The summed E-state index contributed by atoms with van der Waals surface area (Å²) in [5, 5.41) is 9.98. The van der Waals surface area contributed by atoms with Crippen molar-refractivity contribution < 1.29 is 14.1 Å². The van der Waals surface area contributed by atoms with Crippen LogP contribution in [0.25, 0.3) is 0 Å². The molecule has 1 fully saturated rings. The highest BCUT2D eigenvalue weighted by atomic mass is 16.5. The van der Waals surface area contributed by atoms with E-state index in [4.69, 9.17) is 9.26 Å². The zero-order valence-electron chi connectivity index (χ0n) is 10.7. The molecule has 1 aliphatic heterocycles. The molecule has 2 heterocycles. The molecule has 0 radical (unpaired) electrons. The van der Waals surface area contributed by atoms with Gasteiger partial charge in [-0.2, -0.15) is 0 Å². The Morgan fingerprint density at radius 1 is 1.72 bits per heavy atom. The second-order valence-corrected chi connectivity index (χ2v) is 4.66. The van der Waals surface area contributed by atoms with E-state index in [0.29, 0.717) is 24.0 Å².